The van der Waals surface area contributed by atoms with Gasteiger partial charge in [0.15, 0.2) is 5.16 Å². The molecule has 1 N–H and O–H groups in total. The van der Waals surface area contributed by atoms with Crippen molar-refractivity contribution in [2.75, 3.05) is 18.2 Å². The third-order valence-electron chi connectivity index (χ3n) is 5.88. The summed E-state index contributed by atoms with van der Waals surface area (Å²) in [6, 6.07) is 11.7. The zero-order chi connectivity index (χ0) is 25.4. The third kappa shape index (κ3) is 4.60. The first kappa shape index (κ1) is 24.4. The molecule has 0 atom stereocenters. The Balaban J connectivity index is 1.49. The lowest BCUT2D eigenvalue weighted by Crippen LogP contribution is -2.23. The Kier molecular flexibility index (Phi) is 6.52. The van der Waals surface area contributed by atoms with Crippen LogP contribution in [-0.2, 0) is 23.8 Å². The number of aryl methyl sites for hydroxylation is 2. The van der Waals surface area contributed by atoms with Gasteiger partial charge in [-0.15, -0.1) is 11.3 Å². The van der Waals surface area contributed by atoms with Gasteiger partial charge < -0.3 is 10.1 Å². The first-order valence-corrected chi connectivity index (χ1v) is 12.9. The zero-order valence-electron chi connectivity index (χ0n) is 19.0. The number of thioether (sulfide) groups is 1. The number of nitrogens with one attached hydrogen (secondary N) is 1. The summed E-state index contributed by atoms with van der Waals surface area (Å²) >= 11 is 2.48. The lowest BCUT2D eigenvalue weighted by molar-refractivity contribution is -0.137. The summed E-state index contributed by atoms with van der Waals surface area (Å²) in [6.45, 7) is 0. The number of methoxy groups -OCH3 is 1. The molecule has 5 rings (SSSR count). The standard InChI is InChI=1S/C25H20F3N3O3S2/c1-34-15-11-9-14(10-12-15)31-23(33)21-16-5-4-8-19(16)36-22(21)30-24(31)35-13-20(32)29-18-7-3-2-6-17(18)25(26,27)28/h2-3,6-7,9-12H,4-5,8,13H2,1H3,(H,29,32). The number of hydrogen-bond donors (Lipinski definition) is 1. The molecule has 2 aromatic carbocycles. The number of nitrogens with zero attached hydrogens (tertiary/aromatic N) is 2. The maximum atomic E-state index is 13.7. The molecule has 2 aromatic heterocycles. The molecule has 0 radical (unpaired) electrons. The molecule has 1 aliphatic carbocycles. The number of thiophene rings is 1. The van der Waals surface area contributed by atoms with Crippen LogP contribution >= 0.6 is 23.1 Å². The molecule has 0 bridgehead atoms. The van der Waals surface area contributed by atoms with Gasteiger partial charge in [-0.3, -0.25) is 14.2 Å². The topological polar surface area (TPSA) is 73.2 Å². The van der Waals surface area contributed by atoms with E-state index < -0.39 is 17.6 Å². The third-order valence-corrected chi connectivity index (χ3v) is 8.00. The number of benzene rings is 2. The fourth-order valence-corrected chi connectivity index (χ4v) is 6.35. The zero-order valence-corrected chi connectivity index (χ0v) is 20.6. The van der Waals surface area contributed by atoms with Crippen LogP contribution < -0.4 is 15.6 Å². The molecule has 0 aliphatic heterocycles. The minimum Gasteiger partial charge on any atom is -0.497 e. The van der Waals surface area contributed by atoms with Crippen LogP contribution in [0.15, 0.2) is 58.5 Å². The Labute approximate surface area is 212 Å². The molecule has 4 aromatic rings. The van der Waals surface area contributed by atoms with Crippen molar-refractivity contribution in [1.82, 2.24) is 9.55 Å². The van der Waals surface area contributed by atoms with Gasteiger partial charge >= 0.3 is 6.18 Å². The first-order chi connectivity index (χ1) is 17.3. The summed E-state index contributed by atoms with van der Waals surface area (Å²) in [5, 5.41) is 3.22. The highest BCUT2D eigenvalue weighted by atomic mass is 32.2. The number of anilines is 1. The smallest absolute Gasteiger partial charge is 0.418 e. The fraction of sp³-hybridized carbons (Fsp3) is 0.240. The highest BCUT2D eigenvalue weighted by Gasteiger charge is 2.33. The summed E-state index contributed by atoms with van der Waals surface area (Å²) in [4.78, 5) is 32.8. The van der Waals surface area contributed by atoms with Crippen molar-refractivity contribution in [1.29, 1.82) is 0 Å². The molecule has 0 unspecified atom stereocenters. The maximum Gasteiger partial charge on any atom is 0.418 e. The number of carbonyl (C=O) groups excluding carboxylic acids is 1. The molecule has 2 heterocycles. The molecule has 0 saturated carbocycles. The number of carbonyl (C=O) groups is 1. The Morgan fingerprint density at radius 1 is 1.17 bits per heavy atom. The van der Waals surface area contributed by atoms with E-state index in [4.69, 9.17) is 9.72 Å². The van der Waals surface area contributed by atoms with E-state index in [1.54, 1.807) is 31.4 Å². The van der Waals surface area contributed by atoms with E-state index in [-0.39, 0.29) is 22.2 Å². The van der Waals surface area contributed by atoms with Gasteiger partial charge in [0.1, 0.15) is 10.6 Å². The number of rotatable bonds is 6. The van der Waals surface area contributed by atoms with E-state index in [1.165, 1.54) is 34.1 Å². The average molecular weight is 532 g/mol. The van der Waals surface area contributed by atoms with Crippen LogP contribution in [-0.4, -0.2) is 28.3 Å². The van der Waals surface area contributed by atoms with Gasteiger partial charge in [-0.25, -0.2) is 4.98 Å². The van der Waals surface area contributed by atoms with Crippen molar-refractivity contribution in [3.63, 3.8) is 0 Å². The van der Waals surface area contributed by atoms with E-state index in [1.807, 2.05) is 0 Å². The molecule has 1 amide bonds. The van der Waals surface area contributed by atoms with Crippen LogP contribution in [0, 0.1) is 0 Å². The highest BCUT2D eigenvalue weighted by Crippen LogP contribution is 2.37. The van der Waals surface area contributed by atoms with Crippen molar-refractivity contribution in [3.05, 3.63) is 74.9 Å². The summed E-state index contributed by atoms with van der Waals surface area (Å²) in [6.07, 6.45) is -1.88. The summed E-state index contributed by atoms with van der Waals surface area (Å²) in [5.74, 6) is -0.249. The number of fused-ring (bicyclic) bond motifs is 3. The first-order valence-electron chi connectivity index (χ1n) is 11.1. The predicted molar refractivity (Wildman–Crippen MR) is 135 cm³/mol. The number of hydrogen-bond acceptors (Lipinski definition) is 6. The molecule has 0 fully saturated rings. The van der Waals surface area contributed by atoms with Crippen LogP contribution in [0.1, 0.15) is 22.4 Å². The van der Waals surface area contributed by atoms with E-state index in [9.17, 15) is 22.8 Å². The van der Waals surface area contributed by atoms with Crippen molar-refractivity contribution in [2.24, 2.45) is 0 Å². The van der Waals surface area contributed by atoms with E-state index in [0.29, 0.717) is 21.7 Å². The van der Waals surface area contributed by atoms with Gasteiger partial charge in [0.2, 0.25) is 5.91 Å². The van der Waals surface area contributed by atoms with Crippen LogP contribution in [0.25, 0.3) is 15.9 Å². The molecule has 36 heavy (non-hydrogen) atoms. The number of halogens is 3. The van der Waals surface area contributed by atoms with Gasteiger partial charge in [0.25, 0.3) is 5.56 Å². The number of aromatic nitrogens is 2. The molecule has 0 saturated heterocycles. The van der Waals surface area contributed by atoms with Crippen LogP contribution in [0.2, 0.25) is 0 Å². The molecular weight excluding hydrogens is 511 g/mol. The molecule has 1 aliphatic rings. The summed E-state index contributed by atoms with van der Waals surface area (Å²) < 4.78 is 46.5. The Morgan fingerprint density at radius 3 is 2.64 bits per heavy atom. The van der Waals surface area contributed by atoms with Crippen LogP contribution in [0.5, 0.6) is 5.75 Å². The minimum atomic E-state index is -4.60. The Hall–Kier alpha value is -3.31. The SMILES string of the molecule is COc1ccc(-n2c(SCC(=O)Nc3ccccc3C(F)(F)F)nc3sc4c(c3c2=O)CCC4)cc1. The van der Waals surface area contributed by atoms with Crippen molar-refractivity contribution >= 4 is 44.9 Å². The number of alkyl halides is 3. The lowest BCUT2D eigenvalue weighted by Gasteiger charge is -2.15. The second kappa shape index (κ2) is 9.62. The van der Waals surface area contributed by atoms with Crippen molar-refractivity contribution < 1.29 is 22.7 Å². The normalized spacial score (nSPS) is 13.1. The highest BCUT2D eigenvalue weighted by molar-refractivity contribution is 7.99. The molecule has 0 spiro atoms. The Morgan fingerprint density at radius 2 is 1.92 bits per heavy atom. The summed E-state index contributed by atoms with van der Waals surface area (Å²) in [7, 11) is 1.54. The van der Waals surface area contributed by atoms with Crippen molar-refractivity contribution in [2.45, 2.75) is 30.6 Å². The van der Waals surface area contributed by atoms with Gasteiger partial charge in [-0.05, 0) is 61.2 Å². The van der Waals surface area contributed by atoms with E-state index >= 15 is 0 Å². The van der Waals surface area contributed by atoms with E-state index in [2.05, 4.69) is 5.32 Å². The predicted octanol–water partition coefficient (Wildman–Crippen LogP) is 5.69. The van der Waals surface area contributed by atoms with Gasteiger partial charge in [-0.2, -0.15) is 13.2 Å². The quantitative estimate of drug-likeness (QED) is 0.256. The largest absolute Gasteiger partial charge is 0.497 e. The molecule has 186 valence electrons. The lowest BCUT2D eigenvalue weighted by atomic mass is 10.1. The molecule has 11 heteroatoms. The van der Waals surface area contributed by atoms with Crippen LogP contribution in [0.3, 0.4) is 0 Å². The Bertz CT molecular complexity index is 1510. The summed E-state index contributed by atoms with van der Waals surface area (Å²) in [5.41, 5.74) is 0.119. The minimum absolute atomic E-state index is 0.227. The fourth-order valence-electron chi connectivity index (χ4n) is 4.24. The van der Waals surface area contributed by atoms with Crippen molar-refractivity contribution in [3.8, 4) is 11.4 Å². The average Bonchev–Trinajstić information content (AvgIpc) is 3.44. The van der Waals surface area contributed by atoms with Gasteiger partial charge in [-0.1, -0.05) is 23.9 Å². The molecule has 6 nitrogen and oxygen atoms in total. The monoisotopic (exact) mass is 531 g/mol. The second-order valence-corrected chi connectivity index (χ2v) is 10.2. The number of para-hydroxylation sites is 1. The van der Waals surface area contributed by atoms with Gasteiger partial charge in [0, 0.05) is 4.88 Å². The van der Waals surface area contributed by atoms with Crippen LogP contribution in [0.4, 0.5) is 18.9 Å². The number of amides is 1. The second-order valence-electron chi connectivity index (χ2n) is 8.15. The number of ether oxygens (including phenoxy) is 1. The molecular formula is C25H20F3N3O3S2. The van der Waals surface area contributed by atoms with E-state index in [0.717, 1.165) is 47.5 Å². The maximum absolute atomic E-state index is 13.7. The van der Waals surface area contributed by atoms with Gasteiger partial charge in [0.05, 0.1) is 35.2 Å².